The Balaban J connectivity index is 2.32. The van der Waals surface area contributed by atoms with Crippen molar-refractivity contribution in [3.63, 3.8) is 0 Å². The van der Waals surface area contributed by atoms with Crippen LogP contribution in [0.2, 0.25) is 0 Å². The Kier molecular flexibility index (Phi) is 4.08. The average molecular weight is 254 g/mol. The fraction of sp³-hybridized carbons (Fsp3) is 0.125. The molecular formula is C16H14O3. The monoisotopic (exact) mass is 254 g/mol. The molecule has 0 aliphatic carbocycles. The van der Waals surface area contributed by atoms with Crippen LogP contribution in [-0.2, 0) is 11.2 Å². The Labute approximate surface area is 111 Å². The average Bonchev–Trinajstić information content (AvgIpc) is 2.45. The molecule has 3 heteroatoms. The molecule has 2 aromatic rings. The van der Waals surface area contributed by atoms with Gasteiger partial charge in [-0.2, -0.15) is 0 Å². The Bertz CT molecular complexity index is 585. The molecule has 0 amide bonds. The quantitative estimate of drug-likeness (QED) is 0.834. The van der Waals surface area contributed by atoms with Gasteiger partial charge in [0.25, 0.3) is 0 Å². The number of benzene rings is 2. The lowest BCUT2D eigenvalue weighted by Crippen LogP contribution is -1.99. The second-order valence-corrected chi connectivity index (χ2v) is 4.25. The number of hydrogen-bond acceptors (Lipinski definition) is 2. The minimum atomic E-state index is -0.930. The maximum absolute atomic E-state index is 11.2. The van der Waals surface area contributed by atoms with E-state index in [0.29, 0.717) is 24.0 Å². The van der Waals surface area contributed by atoms with Crippen LogP contribution in [-0.4, -0.2) is 17.4 Å². The van der Waals surface area contributed by atoms with E-state index < -0.39 is 5.97 Å². The Morgan fingerprint density at radius 1 is 1.05 bits per heavy atom. The summed E-state index contributed by atoms with van der Waals surface area (Å²) >= 11 is 0. The molecule has 0 aromatic heterocycles. The van der Waals surface area contributed by atoms with Crippen LogP contribution >= 0.6 is 0 Å². The highest BCUT2D eigenvalue weighted by molar-refractivity contribution is 5.95. The lowest BCUT2D eigenvalue weighted by molar-refractivity contribution is -0.107. The number of carbonyl (C=O) groups excluding carboxylic acids is 1. The van der Waals surface area contributed by atoms with Crippen molar-refractivity contribution in [2.75, 3.05) is 0 Å². The zero-order valence-electron chi connectivity index (χ0n) is 10.4. The van der Waals surface area contributed by atoms with Crippen molar-refractivity contribution in [2.45, 2.75) is 12.8 Å². The molecule has 0 aliphatic rings. The summed E-state index contributed by atoms with van der Waals surface area (Å²) in [6.45, 7) is 0. The van der Waals surface area contributed by atoms with Crippen molar-refractivity contribution in [2.24, 2.45) is 0 Å². The van der Waals surface area contributed by atoms with E-state index >= 15 is 0 Å². The van der Waals surface area contributed by atoms with E-state index in [9.17, 15) is 9.59 Å². The minimum absolute atomic E-state index is 0.295. The van der Waals surface area contributed by atoms with E-state index in [4.69, 9.17) is 5.11 Å². The number of carboxylic acid groups (broad SMARTS) is 1. The zero-order valence-corrected chi connectivity index (χ0v) is 10.4. The Morgan fingerprint density at radius 2 is 1.74 bits per heavy atom. The highest BCUT2D eigenvalue weighted by Crippen LogP contribution is 2.24. The first kappa shape index (κ1) is 13.0. The van der Waals surface area contributed by atoms with Crippen molar-refractivity contribution in [3.05, 3.63) is 59.7 Å². The lowest BCUT2D eigenvalue weighted by Gasteiger charge is -2.07. The van der Waals surface area contributed by atoms with Gasteiger partial charge in [0.05, 0.1) is 5.56 Å². The summed E-state index contributed by atoms with van der Waals surface area (Å²) in [6.07, 6.45) is 2.11. The second-order valence-electron chi connectivity index (χ2n) is 4.25. The zero-order chi connectivity index (χ0) is 13.7. The standard InChI is InChI=1S/C16H14O3/c17-11-3-4-12-7-9-13(10-8-12)14-5-1-2-6-15(14)16(18)19/h1-2,5-11H,3-4H2,(H,18,19). The summed E-state index contributed by atoms with van der Waals surface area (Å²) in [4.78, 5) is 21.5. The van der Waals surface area contributed by atoms with Crippen molar-refractivity contribution in [1.29, 1.82) is 0 Å². The first-order valence-corrected chi connectivity index (χ1v) is 6.07. The maximum atomic E-state index is 11.2. The van der Waals surface area contributed by atoms with Gasteiger partial charge in [0.2, 0.25) is 0 Å². The molecule has 0 atom stereocenters. The predicted octanol–water partition coefficient (Wildman–Crippen LogP) is 3.18. The van der Waals surface area contributed by atoms with Gasteiger partial charge in [0.1, 0.15) is 6.29 Å². The lowest BCUT2D eigenvalue weighted by atomic mass is 9.98. The predicted molar refractivity (Wildman–Crippen MR) is 73.2 cm³/mol. The van der Waals surface area contributed by atoms with E-state index in [1.807, 2.05) is 30.3 Å². The molecule has 0 saturated heterocycles. The van der Waals surface area contributed by atoms with Gasteiger partial charge in [-0.3, -0.25) is 0 Å². The van der Waals surface area contributed by atoms with Gasteiger partial charge in [0, 0.05) is 6.42 Å². The number of hydrogen-bond donors (Lipinski definition) is 1. The molecule has 0 bridgehead atoms. The highest BCUT2D eigenvalue weighted by atomic mass is 16.4. The third-order valence-electron chi connectivity index (χ3n) is 2.97. The van der Waals surface area contributed by atoms with Gasteiger partial charge >= 0.3 is 5.97 Å². The molecule has 0 fully saturated rings. The Hall–Kier alpha value is -2.42. The van der Waals surface area contributed by atoms with Crippen LogP contribution in [0.25, 0.3) is 11.1 Å². The molecule has 0 heterocycles. The molecule has 0 spiro atoms. The summed E-state index contributed by atoms with van der Waals surface area (Å²) in [7, 11) is 0. The van der Waals surface area contributed by atoms with Crippen LogP contribution in [0.3, 0.4) is 0 Å². The number of rotatable bonds is 5. The number of carbonyl (C=O) groups is 2. The van der Waals surface area contributed by atoms with Crippen LogP contribution in [0, 0.1) is 0 Å². The topological polar surface area (TPSA) is 54.4 Å². The van der Waals surface area contributed by atoms with Gasteiger partial charge in [-0.1, -0.05) is 42.5 Å². The molecule has 0 radical (unpaired) electrons. The normalized spacial score (nSPS) is 10.1. The molecule has 96 valence electrons. The number of aryl methyl sites for hydroxylation is 1. The van der Waals surface area contributed by atoms with E-state index in [-0.39, 0.29) is 0 Å². The summed E-state index contributed by atoms with van der Waals surface area (Å²) in [5, 5.41) is 9.16. The van der Waals surface area contributed by atoms with Crippen LogP contribution in [0.1, 0.15) is 22.3 Å². The summed E-state index contributed by atoms with van der Waals surface area (Å²) in [5.74, 6) is -0.930. The molecule has 3 nitrogen and oxygen atoms in total. The first-order chi connectivity index (χ1) is 9.22. The van der Waals surface area contributed by atoms with Crippen LogP contribution in [0.15, 0.2) is 48.5 Å². The summed E-state index contributed by atoms with van der Waals surface area (Å²) in [6, 6.07) is 14.6. The van der Waals surface area contributed by atoms with Crippen LogP contribution < -0.4 is 0 Å². The van der Waals surface area contributed by atoms with Crippen molar-refractivity contribution < 1.29 is 14.7 Å². The second kappa shape index (κ2) is 5.96. The molecule has 2 rings (SSSR count). The van der Waals surface area contributed by atoms with Crippen molar-refractivity contribution in [3.8, 4) is 11.1 Å². The van der Waals surface area contributed by atoms with Crippen LogP contribution in [0.5, 0.6) is 0 Å². The van der Waals surface area contributed by atoms with Crippen molar-refractivity contribution >= 4 is 12.3 Å². The van der Waals surface area contributed by atoms with E-state index in [2.05, 4.69) is 0 Å². The molecule has 2 aromatic carbocycles. The Morgan fingerprint density at radius 3 is 2.37 bits per heavy atom. The fourth-order valence-electron chi connectivity index (χ4n) is 2.00. The largest absolute Gasteiger partial charge is 0.478 e. The van der Waals surface area contributed by atoms with Crippen molar-refractivity contribution in [1.82, 2.24) is 0 Å². The van der Waals surface area contributed by atoms with E-state index in [1.165, 1.54) is 0 Å². The molecule has 0 saturated carbocycles. The first-order valence-electron chi connectivity index (χ1n) is 6.07. The SMILES string of the molecule is O=CCCc1ccc(-c2ccccc2C(=O)O)cc1. The summed E-state index contributed by atoms with van der Waals surface area (Å²) in [5.41, 5.74) is 2.94. The van der Waals surface area contributed by atoms with Gasteiger partial charge in [-0.15, -0.1) is 0 Å². The summed E-state index contributed by atoms with van der Waals surface area (Å²) < 4.78 is 0. The molecule has 0 aliphatic heterocycles. The fourth-order valence-corrected chi connectivity index (χ4v) is 2.00. The van der Waals surface area contributed by atoms with Gasteiger partial charge in [-0.25, -0.2) is 4.79 Å². The molecule has 19 heavy (non-hydrogen) atoms. The molecule has 0 unspecified atom stereocenters. The molecular weight excluding hydrogens is 240 g/mol. The number of aromatic carboxylic acids is 1. The van der Waals surface area contributed by atoms with E-state index in [0.717, 1.165) is 17.4 Å². The minimum Gasteiger partial charge on any atom is -0.478 e. The highest BCUT2D eigenvalue weighted by Gasteiger charge is 2.10. The van der Waals surface area contributed by atoms with E-state index in [1.54, 1.807) is 18.2 Å². The maximum Gasteiger partial charge on any atom is 0.336 e. The van der Waals surface area contributed by atoms with Gasteiger partial charge in [0.15, 0.2) is 0 Å². The third kappa shape index (κ3) is 3.07. The smallest absolute Gasteiger partial charge is 0.336 e. The number of carboxylic acids is 1. The third-order valence-corrected chi connectivity index (χ3v) is 2.97. The molecule has 1 N–H and O–H groups in total. The van der Waals surface area contributed by atoms with Crippen LogP contribution in [0.4, 0.5) is 0 Å². The number of aldehydes is 1. The van der Waals surface area contributed by atoms with Gasteiger partial charge in [-0.05, 0) is 29.2 Å². The van der Waals surface area contributed by atoms with Gasteiger partial charge < -0.3 is 9.90 Å².